The number of ether oxygens (including phenoxy) is 2. The van der Waals surface area contributed by atoms with Crippen LogP contribution in [0, 0.1) is 0 Å². The van der Waals surface area contributed by atoms with E-state index in [4.69, 9.17) is 21.1 Å². The Balaban J connectivity index is 2.35. The fraction of sp³-hybridized carbons (Fsp3) is 0.286. The van der Waals surface area contributed by atoms with E-state index in [2.05, 4.69) is 18.2 Å². The van der Waals surface area contributed by atoms with Gasteiger partial charge in [0.05, 0.1) is 0 Å². The van der Waals surface area contributed by atoms with Gasteiger partial charge >= 0.3 is 0 Å². The van der Waals surface area contributed by atoms with E-state index in [1.165, 1.54) is 0 Å². The van der Waals surface area contributed by atoms with Crippen molar-refractivity contribution in [3.63, 3.8) is 0 Å². The third kappa shape index (κ3) is 1.29. The number of methoxy groups -OCH3 is 2. The second-order valence-electron chi connectivity index (χ2n) is 4.22. The number of hydrogen-bond acceptors (Lipinski definition) is 2. The van der Waals surface area contributed by atoms with E-state index in [0.717, 1.165) is 33.0 Å². The zero-order valence-electron chi connectivity index (χ0n) is 9.79. The molecule has 2 nitrogen and oxygen atoms in total. The van der Waals surface area contributed by atoms with E-state index in [9.17, 15) is 0 Å². The number of rotatable bonds is 2. The van der Waals surface area contributed by atoms with Gasteiger partial charge in [0, 0.05) is 36.5 Å². The van der Waals surface area contributed by atoms with Crippen molar-refractivity contribution >= 4 is 22.7 Å². The van der Waals surface area contributed by atoms with Gasteiger partial charge in [-0.2, -0.15) is 0 Å². The first-order valence-corrected chi connectivity index (χ1v) is 5.92. The van der Waals surface area contributed by atoms with E-state index in [-0.39, 0.29) is 0 Å². The quantitative estimate of drug-likeness (QED) is 0.741. The molecule has 0 atom stereocenters. The molecule has 0 radical (unpaired) electrons. The Morgan fingerprint density at radius 2 is 2.00 bits per heavy atom. The van der Waals surface area contributed by atoms with Gasteiger partial charge in [0.25, 0.3) is 0 Å². The van der Waals surface area contributed by atoms with Crippen molar-refractivity contribution in [3.05, 3.63) is 45.8 Å². The van der Waals surface area contributed by atoms with E-state index in [0.29, 0.717) is 0 Å². The van der Waals surface area contributed by atoms with E-state index >= 15 is 0 Å². The molecule has 2 aliphatic rings. The standard InChI is InChI=1S/C14H13ClO2/c1-16-14(17-2)8-4-6-10-12-9(13(10)14)5-3-7-11(12)15/h3-7H,8H2,1-2H3. The summed E-state index contributed by atoms with van der Waals surface area (Å²) >= 11 is 6.21. The topological polar surface area (TPSA) is 18.5 Å². The Morgan fingerprint density at radius 1 is 1.24 bits per heavy atom. The summed E-state index contributed by atoms with van der Waals surface area (Å²) in [6.07, 6.45) is 4.89. The number of fused-ring (bicyclic) bond motifs is 2. The maximum absolute atomic E-state index is 6.21. The molecule has 17 heavy (non-hydrogen) atoms. The highest BCUT2D eigenvalue weighted by Crippen LogP contribution is 2.39. The Morgan fingerprint density at radius 3 is 2.71 bits per heavy atom. The summed E-state index contributed by atoms with van der Waals surface area (Å²) in [5, 5.41) is 3.04. The van der Waals surface area contributed by atoms with Gasteiger partial charge in [-0.1, -0.05) is 35.9 Å². The zero-order valence-corrected chi connectivity index (χ0v) is 10.5. The molecule has 0 aromatic heterocycles. The smallest absolute Gasteiger partial charge is 0.199 e. The van der Waals surface area contributed by atoms with Crippen LogP contribution in [0.3, 0.4) is 0 Å². The van der Waals surface area contributed by atoms with Gasteiger partial charge in [0.15, 0.2) is 5.79 Å². The minimum Gasteiger partial charge on any atom is -0.349 e. The first kappa shape index (κ1) is 11.0. The third-order valence-corrected chi connectivity index (χ3v) is 3.85. The lowest BCUT2D eigenvalue weighted by atomic mass is 9.79. The van der Waals surface area contributed by atoms with Crippen LogP contribution in [-0.2, 0) is 9.47 Å². The van der Waals surface area contributed by atoms with Gasteiger partial charge in [0.2, 0.25) is 0 Å². The molecule has 0 fully saturated rings. The van der Waals surface area contributed by atoms with Crippen LogP contribution >= 0.6 is 11.6 Å². The SMILES string of the molecule is COC1(OC)CC=CC2=c3c(Cl)cccc3=C21. The van der Waals surface area contributed by atoms with Crippen molar-refractivity contribution < 1.29 is 9.47 Å². The van der Waals surface area contributed by atoms with Gasteiger partial charge < -0.3 is 9.47 Å². The maximum Gasteiger partial charge on any atom is 0.199 e. The van der Waals surface area contributed by atoms with Crippen molar-refractivity contribution in [2.45, 2.75) is 12.2 Å². The second kappa shape index (κ2) is 3.70. The molecule has 88 valence electrons. The first-order valence-electron chi connectivity index (χ1n) is 5.54. The van der Waals surface area contributed by atoms with Gasteiger partial charge in [-0.15, -0.1) is 0 Å². The van der Waals surface area contributed by atoms with Crippen molar-refractivity contribution in [2.24, 2.45) is 0 Å². The highest BCUT2D eigenvalue weighted by Gasteiger charge is 2.41. The van der Waals surface area contributed by atoms with E-state index in [1.54, 1.807) is 14.2 Å². The number of benzene rings is 1. The van der Waals surface area contributed by atoms with Gasteiger partial charge in [-0.25, -0.2) is 0 Å². The van der Waals surface area contributed by atoms with Crippen LogP contribution in [0.25, 0.3) is 11.1 Å². The highest BCUT2D eigenvalue weighted by molar-refractivity contribution is 6.31. The largest absolute Gasteiger partial charge is 0.349 e. The van der Waals surface area contributed by atoms with Crippen LogP contribution in [0.4, 0.5) is 0 Å². The third-order valence-electron chi connectivity index (χ3n) is 3.53. The van der Waals surface area contributed by atoms with Crippen molar-refractivity contribution in [1.82, 2.24) is 0 Å². The molecule has 0 amide bonds. The molecule has 0 unspecified atom stereocenters. The highest BCUT2D eigenvalue weighted by atomic mass is 35.5. The van der Waals surface area contributed by atoms with Crippen LogP contribution in [0.15, 0.2) is 30.4 Å². The van der Waals surface area contributed by atoms with Gasteiger partial charge in [-0.3, -0.25) is 0 Å². The lowest BCUT2D eigenvalue weighted by Gasteiger charge is -2.39. The number of halogens is 1. The Hall–Kier alpha value is -1.09. The summed E-state index contributed by atoms with van der Waals surface area (Å²) in [5.41, 5.74) is 2.25. The predicted octanol–water partition coefficient (Wildman–Crippen LogP) is 1.60. The van der Waals surface area contributed by atoms with Crippen LogP contribution in [0.1, 0.15) is 6.42 Å². The molecule has 1 aromatic carbocycles. The fourth-order valence-electron chi connectivity index (χ4n) is 2.68. The van der Waals surface area contributed by atoms with Gasteiger partial charge in [0.1, 0.15) is 0 Å². The minimum absolute atomic E-state index is 0.651. The Bertz CT molecular complexity index is 624. The molecular formula is C14H13ClO2. The second-order valence-corrected chi connectivity index (χ2v) is 4.63. The summed E-state index contributed by atoms with van der Waals surface area (Å²) in [7, 11) is 3.35. The molecule has 0 heterocycles. The Kier molecular flexibility index (Phi) is 2.40. The average molecular weight is 249 g/mol. The van der Waals surface area contributed by atoms with Crippen LogP contribution in [0.5, 0.6) is 0 Å². The molecule has 2 aliphatic carbocycles. The molecule has 0 spiro atoms. The molecule has 0 N–H and O–H groups in total. The molecule has 0 saturated carbocycles. The van der Waals surface area contributed by atoms with Gasteiger partial charge in [-0.05, 0) is 16.9 Å². The minimum atomic E-state index is -0.651. The molecule has 3 rings (SSSR count). The summed E-state index contributed by atoms with van der Waals surface area (Å²) in [4.78, 5) is 0. The fourth-order valence-corrected chi connectivity index (χ4v) is 2.96. The summed E-state index contributed by atoms with van der Waals surface area (Å²) in [6.45, 7) is 0. The van der Waals surface area contributed by atoms with E-state index in [1.807, 2.05) is 12.1 Å². The van der Waals surface area contributed by atoms with Crippen molar-refractivity contribution in [2.75, 3.05) is 14.2 Å². The molecular weight excluding hydrogens is 236 g/mol. The number of allylic oxidation sites excluding steroid dienone is 1. The summed E-state index contributed by atoms with van der Waals surface area (Å²) in [6, 6.07) is 5.93. The lowest BCUT2D eigenvalue weighted by molar-refractivity contribution is -0.159. The zero-order chi connectivity index (χ0) is 12.0. The summed E-state index contributed by atoms with van der Waals surface area (Å²) < 4.78 is 11.2. The molecule has 0 aliphatic heterocycles. The van der Waals surface area contributed by atoms with Crippen molar-refractivity contribution in [1.29, 1.82) is 0 Å². The van der Waals surface area contributed by atoms with Crippen LogP contribution < -0.4 is 10.4 Å². The average Bonchev–Trinajstić information content (AvgIpc) is 2.34. The molecule has 0 saturated heterocycles. The summed E-state index contributed by atoms with van der Waals surface area (Å²) in [5.74, 6) is -0.651. The Labute approximate surface area is 105 Å². The molecule has 3 heteroatoms. The van der Waals surface area contributed by atoms with Crippen LogP contribution in [-0.4, -0.2) is 20.0 Å². The monoisotopic (exact) mass is 248 g/mol. The number of hydrogen-bond donors (Lipinski definition) is 0. The predicted molar refractivity (Wildman–Crippen MR) is 68.0 cm³/mol. The van der Waals surface area contributed by atoms with Crippen molar-refractivity contribution in [3.8, 4) is 0 Å². The first-order chi connectivity index (χ1) is 8.23. The maximum atomic E-state index is 6.21. The molecule has 1 aromatic rings. The normalized spacial score (nSPS) is 19.7. The lowest BCUT2D eigenvalue weighted by Crippen LogP contribution is -2.51. The van der Waals surface area contributed by atoms with E-state index < -0.39 is 5.79 Å². The molecule has 0 bridgehead atoms. The van der Waals surface area contributed by atoms with Crippen LogP contribution in [0.2, 0.25) is 5.02 Å².